The van der Waals surface area contributed by atoms with Gasteiger partial charge >= 0.3 is 6.85 Å². The molecular formula is C13H11BClN2. The largest absolute Gasteiger partial charge is 0.436 e. The third-order valence-corrected chi connectivity index (χ3v) is 2.84. The molecule has 0 bridgehead atoms. The molecule has 2 rings (SSSR count). The zero-order valence-corrected chi connectivity index (χ0v) is 10.0. The molecule has 0 N–H and O–H groups in total. The highest BCUT2D eigenvalue weighted by Gasteiger charge is 2.11. The van der Waals surface area contributed by atoms with Gasteiger partial charge in [-0.1, -0.05) is 59.8 Å². The predicted molar refractivity (Wildman–Crippen MR) is 68.6 cm³/mol. The molecule has 2 nitrogen and oxygen atoms in total. The number of pyridine rings is 1. The second-order valence-corrected chi connectivity index (χ2v) is 4.23. The van der Waals surface area contributed by atoms with Gasteiger partial charge in [-0.2, -0.15) is 0 Å². The van der Waals surface area contributed by atoms with Crippen LogP contribution < -0.4 is 4.48 Å². The smallest absolute Gasteiger partial charge is 0.324 e. The number of hydrogen-bond acceptors (Lipinski definition) is 1. The standard InChI is InChI=1S/C13H11BClN2/c15-13-6-8-17(9-7-13)14(11-16)10-12-4-2-1-3-5-12/h1-9H,10H2. The summed E-state index contributed by atoms with van der Waals surface area (Å²) in [6.07, 6.45) is 4.36. The Hall–Kier alpha value is -1.79. The lowest BCUT2D eigenvalue weighted by Crippen LogP contribution is -2.51. The molecule has 0 aliphatic heterocycles. The normalized spacial score (nSPS) is 10.2. The number of aromatic nitrogens is 1. The van der Waals surface area contributed by atoms with Gasteiger partial charge < -0.3 is 4.48 Å². The first kappa shape index (κ1) is 11.7. The average Bonchev–Trinajstić information content (AvgIpc) is 2.38. The highest BCUT2D eigenvalue weighted by atomic mass is 35.5. The second-order valence-electron chi connectivity index (χ2n) is 3.80. The van der Waals surface area contributed by atoms with Crippen molar-refractivity contribution in [2.75, 3.05) is 0 Å². The fourth-order valence-corrected chi connectivity index (χ4v) is 1.80. The minimum Gasteiger partial charge on any atom is -0.436 e. The zero-order chi connectivity index (χ0) is 12.1. The molecule has 1 aromatic heterocycles. The van der Waals surface area contributed by atoms with Crippen LogP contribution >= 0.6 is 11.6 Å². The zero-order valence-electron chi connectivity index (χ0n) is 9.25. The first-order valence-corrected chi connectivity index (χ1v) is 5.77. The van der Waals surface area contributed by atoms with Gasteiger partial charge in [-0.05, 0) is 0 Å². The fraction of sp³-hybridized carbons (Fsp3) is 0.0769. The lowest BCUT2D eigenvalue weighted by Gasteiger charge is -2.12. The van der Waals surface area contributed by atoms with Crippen molar-refractivity contribution in [1.82, 2.24) is 0 Å². The van der Waals surface area contributed by atoms with Crippen molar-refractivity contribution in [3.05, 3.63) is 65.4 Å². The topological polar surface area (TPSA) is 27.7 Å². The summed E-state index contributed by atoms with van der Waals surface area (Å²) in [4.78, 5) is 0. The number of hydrogen-bond donors (Lipinski definition) is 0. The van der Waals surface area contributed by atoms with Crippen LogP contribution in [0.2, 0.25) is 5.02 Å². The molecule has 0 aliphatic rings. The van der Waals surface area contributed by atoms with Gasteiger partial charge in [0.15, 0.2) is 0 Å². The van der Waals surface area contributed by atoms with E-state index in [4.69, 9.17) is 11.6 Å². The van der Waals surface area contributed by atoms with Crippen LogP contribution in [0.15, 0.2) is 54.9 Å². The van der Waals surface area contributed by atoms with Crippen LogP contribution in [-0.2, 0) is 6.32 Å². The third kappa shape index (κ3) is 3.09. The van der Waals surface area contributed by atoms with Crippen LogP contribution in [0.4, 0.5) is 0 Å². The molecule has 0 fully saturated rings. The third-order valence-electron chi connectivity index (χ3n) is 2.59. The summed E-state index contributed by atoms with van der Waals surface area (Å²) < 4.78 is 1.87. The van der Waals surface area contributed by atoms with E-state index in [9.17, 15) is 5.26 Å². The van der Waals surface area contributed by atoms with Crippen molar-refractivity contribution in [2.45, 2.75) is 6.32 Å². The van der Waals surface area contributed by atoms with Crippen molar-refractivity contribution in [2.24, 2.45) is 0 Å². The molecule has 0 aliphatic carbocycles. The van der Waals surface area contributed by atoms with Crippen molar-refractivity contribution in [1.29, 1.82) is 5.26 Å². The van der Waals surface area contributed by atoms with Gasteiger partial charge in [0, 0.05) is 12.1 Å². The molecule has 83 valence electrons. The van der Waals surface area contributed by atoms with Crippen LogP contribution in [0.25, 0.3) is 0 Å². The fourth-order valence-electron chi connectivity index (χ4n) is 1.68. The molecule has 1 heterocycles. The Labute approximate surface area is 106 Å². The van der Waals surface area contributed by atoms with E-state index in [-0.39, 0.29) is 6.85 Å². The Bertz CT molecular complexity index is 519. The van der Waals surface area contributed by atoms with Crippen molar-refractivity contribution in [3.8, 4) is 5.97 Å². The Kier molecular flexibility index (Phi) is 3.79. The molecule has 0 unspecified atom stereocenters. The van der Waals surface area contributed by atoms with Gasteiger partial charge in [-0.3, -0.25) is 0 Å². The lowest BCUT2D eigenvalue weighted by molar-refractivity contribution is -0.536. The molecule has 2 aromatic rings. The van der Waals surface area contributed by atoms with E-state index in [2.05, 4.69) is 5.97 Å². The molecule has 1 radical (unpaired) electrons. The van der Waals surface area contributed by atoms with Gasteiger partial charge in [0.25, 0.3) is 0 Å². The van der Waals surface area contributed by atoms with Crippen LogP contribution in [0, 0.1) is 11.2 Å². The molecule has 4 heteroatoms. The van der Waals surface area contributed by atoms with Crippen LogP contribution in [0.5, 0.6) is 0 Å². The van der Waals surface area contributed by atoms with E-state index >= 15 is 0 Å². The summed E-state index contributed by atoms with van der Waals surface area (Å²) in [6.45, 7) is -0.199. The SMILES string of the molecule is N#C[B-](Cc1ccccc1)[n+]1ccc(Cl)cc1. The number of benzene rings is 1. The summed E-state index contributed by atoms with van der Waals surface area (Å²) in [7, 11) is 0. The van der Waals surface area contributed by atoms with E-state index < -0.39 is 0 Å². The Morgan fingerprint density at radius 1 is 1.12 bits per heavy atom. The highest BCUT2D eigenvalue weighted by Crippen LogP contribution is 2.04. The van der Waals surface area contributed by atoms with E-state index in [0.717, 1.165) is 5.56 Å². The monoisotopic (exact) mass is 241 g/mol. The van der Waals surface area contributed by atoms with Crippen molar-refractivity contribution in [3.63, 3.8) is 0 Å². The van der Waals surface area contributed by atoms with Gasteiger partial charge in [0.1, 0.15) is 12.4 Å². The predicted octanol–water partition coefficient (Wildman–Crippen LogP) is 2.31. The van der Waals surface area contributed by atoms with Gasteiger partial charge in [0.2, 0.25) is 0 Å². The van der Waals surface area contributed by atoms with Crippen molar-refractivity contribution >= 4 is 18.4 Å². The maximum Gasteiger partial charge on any atom is 0.324 e. The van der Waals surface area contributed by atoms with E-state index in [0.29, 0.717) is 11.3 Å². The highest BCUT2D eigenvalue weighted by molar-refractivity contribution is 6.57. The molecule has 0 saturated heterocycles. The number of halogens is 1. The summed E-state index contributed by atoms with van der Waals surface area (Å²) in [5.74, 6) is 2.31. The first-order valence-electron chi connectivity index (χ1n) is 5.39. The quantitative estimate of drug-likeness (QED) is 0.758. The van der Waals surface area contributed by atoms with E-state index in [1.807, 2.05) is 47.2 Å². The second kappa shape index (κ2) is 5.52. The number of nitriles is 1. The molecule has 17 heavy (non-hydrogen) atoms. The number of rotatable bonds is 3. The van der Waals surface area contributed by atoms with Crippen LogP contribution in [0.1, 0.15) is 5.56 Å². The Morgan fingerprint density at radius 2 is 1.76 bits per heavy atom. The first-order chi connectivity index (χ1) is 8.29. The summed E-state index contributed by atoms with van der Waals surface area (Å²) >= 11 is 5.82. The molecule has 1 aromatic carbocycles. The van der Waals surface area contributed by atoms with Crippen LogP contribution in [0.3, 0.4) is 0 Å². The molecule has 0 amide bonds. The summed E-state index contributed by atoms with van der Waals surface area (Å²) in [5.41, 5.74) is 1.15. The minimum atomic E-state index is -0.199. The maximum absolute atomic E-state index is 9.21. The summed E-state index contributed by atoms with van der Waals surface area (Å²) in [6, 6.07) is 13.6. The molecule has 0 saturated carbocycles. The van der Waals surface area contributed by atoms with Crippen molar-refractivity contribution < 1.29 is 4.48 Å². The Morgan fingerprint density at radius 3 is 2.35 bits per heavy atom. The number of nitrogens with zero attached hydrogens (tertiary/aromatic N) is 2. The minimum absolute atomic E-state index is 0.199. The maximum atomic E-state index is 9.21. The molecular weight excluding hydrogens is 230 g/mol. The van der Waals surface area contributed by atoms with Crippen LogP contribution in [-0.4, -0.2) is 6.85 Å². The van der Waals surface area contributed by atoms with Gasteiger partial charge in [-0.15, -0.1) is 0 Å². The Balaban J connectivity index is 2.18. The molecule has 0 atom stereocenters. The van der Waals surface area contributed by atoms with E-state index in [1.54, 1.807) is 12.1 Å². The lowest BCUT2D eigenvalue weighted by atomic mass is 9.59. The van der Waals surface area contributed by atoms with Gasteiger partial charge in [0.05, 0.1) is 5.02 Å². The molecule has 0 spiro atoms. The average molecular weight is 242 g/mol. The summed E-state index contributed by atoms with van der Waals surface area (Å²) in [5, 5.41) is 9.88. The van der Waals surface area contributed by atoms with E-state index in [1.165, 1.54) is 0 Å². The van der Waals surface area contributed by atoms with Gasteiger partial charge in [-0.25, -0.2) is 5.26 Å².